The number of ether oxygens (including phenoxy) is 1. The Morgan fingerprint density at radius 1 is 1.11 bits per heavy atom. The molecule has 28 heavy (non-hydrogen) atoms. The number of nitrogens with one attached hydrogen (secondary N) is 1. The monoisotopic (exact) mass is 382 g/mol. The zero-order chi connectivity index (χ0) is 19.3. The van der Waals surface area contributed by atoms with Crippen molar-refractivity contribution in [2.24, 2.45) is 0 Å². The molecule has 1 aromatic carbocycles. The number of hydrogen-bond acceptors (Lipinski definition) is 4. The Kier molecular flexibility index (Phi) is 5.95. The average Bonchev–Trinajstić information content (AvgIpc) is 3.25. The number of benzene rings is 1. The number of nitrogens with zero attached hydrogens (tertiary/aromatic N) is 3. The van der Waals surface area contributed by atoms with E-state index < -0.39 is 0 Å². The Morgan fingerprint density at radius 2 is 1.82 bits per heavy atom. The van der Waals surface area contributed by atoms with Crippen LogP contribution in [-0.4, -0.2) is 64.9 Å². The van der Waals surface area contributed by atoms with Gasteiger partial charge in [0.1, 0.15) is 0 Å². The van der Waals surface area contributed by atoms with Crippen LogP contribution in [-0.2, 0) is 4.74 Å². The van der Waals surface area contributed by atoms with Crippen LogP contribution in [0.3, 0.4) is 0 Å². The highest BCUT2D eigenvalue weighted by atomic mass is 16.6. The van der Waals surface area contributed by atoms with Crippen molar-refractivity contribution >= 4 is 6.09 Å². The number of aromatic amines is 1. The van der Waals surface area contributed by atoms with Crippen molar-refractivity contribution in [3.05, 3.63) is 42.2 Å². The Bertz CT molecular complexity index is 760. The largest absolute Gasteiger partial charge is 0.450 e. The second kappa shape index (κ2) is 8.78. The van der Waals surface area contributed by atoms with Gasteiger partial charge in [0.05, 0.1) is 12.3 Å². The van der Waals surface area contributed by atoms with Crippen LogP contribution in [0.15, 0.2) is 36.5 Å². The summed E-state index contributed by atoms with van der Waals surface area (Å²) in [6.07, 6.45) is 6.24. The molecular formula is C22H30N4O2. The molecule has 1 aromatic heterocycles. The predicted molar refractivity (Wildman–Crippen MR) is 109 cm³/mol. The highest BCUT2D eigenvalue weighted by Crippen LogP contribution is 2.35. The van der Waals surface area contributed by atoms with Gasteiger partial charge in [-0.15, -0.1) is 0 Å². The van der Waals surface area contributed by atoms with Crippen LogP contribution < -0.4 is 0 Å². The second-order valence-electron chi connectivity index (χ2n) is 7.78. The Labute approximate surface area is 166 Å². The van der Waals surface area contributed by atoms with Crippen LogP contribution in [0.1, 0.15) is 44.2 Å². The van der Waals surface area contributed by atoms with E-state index in [2.05, 4.69) is 45.4 Å². The fraction of sp³-hybridized carbons (Fsp3) is 0.545. The van der Waals surface area contributed by atoms with Crippen LogP contribution in [0.25, 0.3) is 11.1 Å². The molecule has 0 aliphatic carbocycles. The summed E-state index contributed by atoms with van der Waals surface area (Å²) in [6, 6.07) is 11.1. The van der Waals surface area contributed by atoms with E-state index in [1.54, 1.807) is 0 Å². The van der Waals surface area contributed by atoms with Crippen LogP contribution in [0.5, 0.6) is 0 Å². The van der Waals surface area contributed by atoms with E-state index in [-0.39, 0.29) is 6.09 Å². The molecule has 150 valence electrons. The van der Waals surface area contributed by atoms with E-state index in [0.717, 1.165) is 51.9 Å². The van der Waals surface area contributed by atoms with E-state index in [0.29, 0.717) is 18.6 Å². The fourth-order valence-corrected chi connectivity index (χ4v) is 4.63. The predicted octanol–water partition coefficient (Wildman–Crippen LogP) is 3.88. The number of carbonyl (C=O) groups excluding carboxylic acids is 1. The summed E-state index contributed by atoms with van der Waals surface area (Å²) in [5.41, 5.74) is 3.68. The van der Waals surface area contributed by atoms with Crippen LogP contribution in [0.4, 0.5) is 4.79 Å². The zero-order valence-electron chi connectivity index (χ0n) is 16.6. The topological polar surface area (TPSA) is 61.5 Å². The summed E-state index contributed by atoms with van der Waals surface area (Å²) >= 11 is 0. The number of likely N-dealkylation sites (tertiary alicyclic amines) is 2. The van der Waals surface area contributed by atoms with Gasteiger partial charge < -0.3 is 14.5 Å². The third-order valence-electron chi connectivity index (χ3n) is 6.18. The van der Waals surface area contributed by atoms with E-state index in [4.69, 9.17) is 4.74 Å². The van der Waals surface area contributed by atoms with E-state index >= 15 is 0 Å². The highest BCUT2D eigenvalue weighted by molar-refractivity contribution is 5.67. The maximum Gasteiger partial charge on any atom is 0.409 e. The summed E-state index contributed by atoms with van der Waals surface area (Å²) in [4.78, 5) is 16.4. The summed E-state index contributed by atoms with van der Waals surface area (Å²) in [5.74, 6) is 0.511. The van der Waals surface area contributed by atoms with E-state index in [9.17, 15) is 4.79 Å². The van der Waals surface area contributed by atoms with Gasteiger partial charge in [-0.25, -0.2) is 4.79 Å². The van der Waals surface area contributed by atoms with Gasteiger partial charge >= 0.3 is 6.09 Å². The van der Waals surface area contributed by atoms with Gasteiger partial charge in [0, 0.05) is 36.8 Å². The van der Waals surface area contributed by atoms with Gasteiger partial charge in [-0.2, -0.15) is 5.10 Å². The van der Waals surface area contributed by atoms with Crippen molar-refractivity contribution in [2.45, 2.75) is 44.6 Å². The average molecular weight is 383 g/mol. The van der Waals surface area contributed by atoms with Gasteiger partial charge in [0.2, 0.25) is 0 Å². The molecule has 3 heterocycles. The lowest BCUT2D eigenvalue weighted by atomic mass is 9.88. The quantitative estimate of drug-likeness (QED) is 0.872. The molecule has 1 N–H and O–H groups in total. The molecule has 0 saturated carbocycles. The third-order valence-corrected chi connectivity index (χ3v) is 6.18. The molecule has 6 nitrogen and oxygen atoms in total. The standard InChI is InChI=1S/C22H30N4O2/c1-2-28-22(27)26-14-10-19(11-15-26)25-12-8-18(9-13-25)21-20(16-23-24-21)17-6-4-3-5-7-17/h3-7,16,18-19H,2,8-15H2,1H3,(H,23,24). The number of rotatable bonds is 4. The lowest BCUT2D eigenvalue weighted by molar-refractivity contribution is 0.0661. The van der Waals surface area contributed by atoms with E-state index in [1.807, 2.05) is 18.0 Å². The first-order valence-electron chi connectivity index (χ1n) is 10.5. The second-order valence-corrected chi connectivity index (χ2v) is 7.78. The molecule has 2 aliphatic heterocycles. The Hall–Kier alpha value is -2.34. The van der Waals surface area contributed by atoms with Crippen molar-refractivity contribution in [3.63, 3.8) is 0 Å². The lowest BCUT2D eigenvalue weighted by Gasteiger charge is -2.41. The highest BCUT2D eigenvalue weighted by Gasteiger charge is 2.31. The van der Waals surface area contributed by atoms with Crippen molar-refractivity contribution in [3.8, 4) is 11.1 Å². The van der Waals surface area contributed by atoms with Gasteiger partial charge in [-0.05, 0) is 51.3 Å². The number of piperidine rings is 2. The Balaban J connectivity index is 1.32. The smallest absolute Gasteiger partial charge is 0.409 e. The van der Waals surface area contributed by atoms with Crippen molar-refractivity contribution < 1.29 is 9.53 Å². The summed E-state index contributed by atoms with van der Waals surface area (Å²) in [5, 5.41) is 7.68. The molecule has 4 rings (SSSR count). The minimum Gasteiger partial charge on any atom is -0.450 e. The molecule has 0 spiro atoms. The number of hydrogen-bond donors (Lipinski definition) is 1. The van der Waals surface area contributed by atoms with Gasteiger partial charge in [0.15, 0.2) is 0 Å². The first-order valence-corrected chi connectivity index (χ1v) is 10.5. The summed E-state index contributed by atoms with van der Waals surface area (Å²) in [7, 11) is 0. The molecule has 0 unspecified atom stereocenters. The molecule has 2 aromatic rings. The van der Waals surface area contributed by atoms with Gasteiger partial charge in [0.25, 0.3) is 0 Å². The summed E-state index contributed by atoms with van der Waals surface area (Å²) in [6.45, 7) is 6.13. The molecular weight excluding hydrogens is 352 g/mol. The molecule has 2 fully saturated rings. The molecule has 2 saturated heterocycles. The summed E-state index contributed by atoms with van der Waals surface area (Å²) < 4.78 is 5.13. The van der Waals surface area contributed by atoms with Crippen LogP contribution >= 0.6 is 0 Å². The molecule has 6 heteroatoms. The van der Waals surface area contributed by atoms with Crippen LogP contribution in [0.2, 0.25) is 0 Å². The van der Waals surface area contributed by atoms with Crippen molar-refractivity contribution in [2.75, 3.05) is 32.8 Å². The van der Waals surface area contributed by atoms with Crippen molar-refractivity contribution in [1.82, 2.24) is 20.0 Å². The number of aromatic nitrogens is 2. The lowest BCUT2D eigenvalue weighted by Crippen LogP contribution is -2.49. The van der Waals surface area contributed by atoms with Crippen LogP contribution in [0, 0.1) is 0 Å². The number of carbonyl (C=O) groups is 1. The first-order chi connectivity index (χ1) is 13.8. The zero-order valence-corrected chi connectivity index (χ0v) is 16.6. The molecule has 2 aliphatic rings. The SMILES string of the molecule is CCOC(=O)N1CCC(N2CCC(c3n[nH]cc3-c3ccccc3)CC2)CC1. The molecule has 1 amide bonds. The number of amides is 1. The maximum absolute atomic E-state index is 11.9. The molecule has 0 radical (unpaired) electrons. The first kappa shape index (κ1) is 19.0. The normalized spacial score (nSPS) is 19.7. The molecule has 0 atom stereocenters. The fourth-order valence-electron chi connectivity index (χ4n) is 4.63. The third kappa shape index (κ3) is 4.07. The van der Waals surface area contributed by atoms with Crippen molar-refractivity contribution in [1.29, 1.82) is 0 Å². The minimum atomic E-state index is -0.161. The van der Waals surface area contributed by atoms with Gasteiger partial charge in [-0.3, -0.25) is 5.10 Å². The minimum absolute atomic E-state index is 0.161. The number of H-pyrrole nitrogens is 1. The van der Waals surface area contributed by atoms with E-state index in [1.165, 1.54) is 16.8 Å². The molecule has 0 bridgehead atoms. The Morgan fingerprint density at radius 3 is 2.50 bits per heavy atom. The van der Waals surface area contributed by atoms with Gasteiger partial charge in [-0.1, -0.05) is 30.3 Å². The maximum atomic E-state index is 11.9.